The molecule has 0 aliphatic carbocycles. The molecule has 0 saturated carbocycles. The molecule has 7 heteroatoms. The molecule has 6 N–H and O–H groups in total. The molecule has 0 spiro atoms. The number of hydrogen-bond acceptors (Lipinski definition) is 5. The highest BCUT2D eigenvalue weighted by Gasteiger charge is 2.41. The van der Waals surface area contributed by atoms with E-state index in [1.54, 1.807) is 0 Å². The average Bonchev–Trinajstić information content (AvgIpc) is 2.28. The fraction of sp³-hybridized carbons (Fsp3) is 0.909. The fourth-order valence-corrected chi connectivity index (χ4v) is 2.51. The van der Waals surface area contributed by atoms with Crippen molar-refractivity contribution < 1.29 is 19.9 Å². The van der Waals surface area contributed by atoms with Crippen LogP contribution in [0.2, 0.25) is 6.32 Å². The Kier molecular flexibility index (Phi) is 6.07. The van der Waals surface area contributed by atoms with Gasteiger partial charge in [-0.1, -0.05) is 19.3 Å². The summed E-state index contributed by atoms with van der Waals surface area (Å²) in [6.07, 6.45) is 4.39. The summed E-state index contributed by atoms with van der Waals surface area (Å²) in [5.41, 5.74) is 4.96. The summed E-state index contributed by atoms with van der Waals surface area (Å²) < 4.78 is 0. The third-order valence-electron chi connectivity index (χ3n) is 3.56. The van der Waals surface area contributed by atoms with E-state index in [9.17, 15) is 9.90 Å². The minimum atomic E-state index is -1.26. The van der Waals surface area contributed by atoms with Gasteiger partial charge in [0.25, 0.3) is 0 Å². The lowest BCUT2D eigenvalue weighted by atomic mass is 9.80. The fourth-order valence-electron chi connectivity index (χ4n) is 2.51. The lowest BCUT2D eigenvalue weighted by Gasteiger charge is -2.37. The van der Waals surface area contributed by atoms with Crippen LogP contribution in [0.5, 0.6) is 0 Å². The zero-order chi connectivity index (χ0) is 13.6. The molecule has 0 aromatic carbocycles. The second kappa shape index (κ2) is 7.08. The molecule has 18 heavy (non-hydrogen) atoms. The van der Waals surface area contributed by atoms with Crippen molar-refractivity contribution in [2.75, 3.05) is 6.54 Å². The first-order chi connectivity index (χ1) is 8.46. The van der Waals surface area contributed by atoms with Gasteiger partial charge >= 0.3 is 13.1 Å². The van der Waals surface area contributed by atoms with Crippen molar-refractivity contribution in [3.05, 3.63) is 0 Å². The molecule has 1 aliphatic heterocycles. The normalized spacial score (nSPS) is 28.1. The Morgan fingerprint density at radius 1 is 1.39 bits per heavy atom. The Balaban J connectivity index is 2.36. The van der Waals surface area contributed by atoms with Crippen LogP contribution in [0.25, 0.3) is 0 Å². The van der Waals surface area contributed by atoms with Gasteiger partial charge in [0, 0.05) is 6.04 Å². The van der Waals surface area contributed by atoms with Crippen LogP contribution in [-0.2, 0) is 4.79 Å². The van der Waals surface area contributed by atoms with Crippen LogP contribution in [0.3, 0.4) is 0 Å². The lowest BCUT2D eigenvalue weighted by Crippen LogP contribution is -2.59. The number of nitrogens with two attached hydrogens (primary N) is 1. The number of rotatable bonds is 7. The molecule has 1 heterocycles. The van der Waals surface area contributed by atoms with Gasteiger partial charge in [0.1, 0.15) is 5.54 Å². The standard InChI is InChI=1S/C11H23BN2O4/c13-9-4-7-14-11(8-9,10(15)16)5-2-1-3-6-12(17)18/h9,14,17-18H,1-8,13H2,(H,15,16)/t9-,11+/m0/s1. The van der Waals surface area contributed by atoms with Crippen molar-refractivity contribution in [2.45, 2.75) is 56.4 Å². The van der Waals surface area contributed by atoms with E-state index < -0.39 is 18.6 Å². The highest BCUT2D eigenvalue weighted by atomic mass is 16.4. The van der Waals surface area contributed by atoms with E-state index in [0.29, 0.717) is 32.1 Å². The van der Waals surface area contributed by atoms with Gasteiger partial charge in [-0.3, -0.25) is 4.79 Å². The van der Waals surface area contributed by atoms with Crippen LogP contribution in [-0.4, -0.2) is 46.4 Å². The molecule has 0 amide bonds. The van der Waals surface area contributed by atoms with Gasteiger partial charge in [0.05, 0.1) is 0 Å². The van der Waals surface area contributed by atoms with Crippen molar-refractivity contribution in [1.82, 2.24) is 5.32 Å². The van der Waals surface area contributed by atoms with Gasteiger partial charge in [-0.2, -0.15) is 0 Å². The van der Waals surface area contributed by atoms with Crippen LogP contribution in [0.1, 0.15) is 38.5 Å². The van der Waals surface area contributed by atoms with Crippen LogP contribution < -0.4 is 11.1 Å². The number of piperidine rings is 1. The Hall–Kier alpha value is -0.625. The van der Waals surface area contributed by atoms with E-state index in [1.165, 1.54) is 0 Å². The topological polar surface area (TPSA) is 116 Å². The Bertz CT molecular complexity index is 278. The maximum absolute atomic E-state index is 11.4. The van der Waals surface area contributed by atoms with E-state index >= 15 is 0 Å². The molecule has 0 bridgehead atoms. The molecule has 0 radical (unpaired) electrons. The number of carboxylic acid groups (broad SMARTS) is 1. The quantitative estimate of drug-likeness (QED) is 0.312. The van der Waals surface area contributed by atoms with Crippen molar-refractivity contribution in [3.8, 4) is 0 Å². The first kappa shape index (κ1) is 15.4. The largest absolute Gasteiger partial charge is 0.480 e. The summed E-state index contributed by atoms with van der Waals surface area (Å²) in [6.45, 7) is 0.642. The maximum atomic E-state index is 11.4. The van der Waals surface area contributed by atoms with Gasteiger partial charge in [-0.25, -0.2) is 0 Å². The minimum absolute atomic E-state index is 0.0541. The number of aliphatic carboxylic acids is 1. The van der Waals surface area contributed by atoms with Crippen molar-refractivity contribution >= 4 is 13.1 Å². The molecular formula is C11H23BN2O4. The smallest absolute Gasteiger partial charge is 0.451 e. The predicted molar refractivity (Wildman–Crippen MR) is 69.0 cm³/mol. The molecule has 0 aromatic rings. The van der Waals surface area contributed by atoms with E-state index in [-0.39, 0.29) is 6.04 Å². The van der Waals surface area contributed by atoms with E-state index in [2.05, 4.69) is 5.32 Å². The van der Waals surface area contributed by atoms with E-state index in [4.69, 9.17) is 15.8 Å². The van der Waals surface area contributed by atoms with E-state index in [1.807, 2.05) is 0 Å². The van der Waals surface area contributed by atoms with E-state index in [0.717, 1.165) is 19.3 Å². The Labute approximate surface area is 108 Å². The van der Waals surface area contributed by atoms with Gasteiger partial charge < -0.3 is 26.2 Å². The second-order valence-corrected chi connectivity index (χ2v) is 5.15. The SMILES string of the molecule is N[C@H]1CCN[C@@](CCCCCB(O)O)(C(=O)O)C1. The molecule has 1 aliphatic rings. The average molecular weight is 258 g/mol. The third kappa shape index (κ3) is 4.57. The Morgan fingerprint density at radius 2 is 2.11 bits per heavy atom. The zero-order valence-corrected chi connectivity index (χ0v) is 10.6. The maximum Gasteiger partial charge on any atom is 0.451 e. The number of carbonyl (C=O) groups is 1. The number of unbranched alkanes of at least 4 members (excludes halogenated alkanes) is 2. The highest BCUT2D eigenvalue weighted by Crippen LogP contribution is 2.25. The molecule has 0 aromatic heterocycles. The van der Waals surface area contributed by atoms with Crippen molar-refractivity contribution in [1.29, 1.82) is 0 Å². The van der Waals surface area contributed by atoms with Crippen LogP contribution in [0, 0.1) is 0 Å². The summed E-state index contributed by atoms with van der Waals surface area (Å²) in [6, 6.07) is -0.0541. The number of hydrogen-bond donors (Lipinski definition) is 5. The first-order valence-corrected chi connectivity index (χ1v) is 6.56. The highest BCUT2D eigenvalue weighted by molar-refractivity contribution is 6.40. The Morgan fingerprint density at radius 3 is 2.67 bits per heavy atom. The first-order valence-electron chi connectivity index (χ1n) is 6.56. The summed E-state index contributed by atoms with van der Waals surface area (Å²) in [5.74, 6) is -0.833. The predicted octanol–water partition coefficient (Wildman–Crippen LogP) is -0.446. The molecule has 2 atom stereocenters. The molecule has 1 fully saturated rings. The monoisotopic (exact) mass is 258 g/mol. The summed E-state index contributed by atoms with van der Waals surface area (Å²) in [5, 5.41) is 29.9. The van der Waals surface area contributed by atoms with Crippen molar-refractivity contribution in [2.24, 2.45) is 5.73 Å². The minimum Gasteiger partial charge on any atom is -0.480 e. The van der Waals surface area contributed by atoms with Crippen molar-refractivity contribution in [3.63, 3.8) is 0 Å². The van der Waals surface area contributed by atoms with Gasteiger partial charge in [0.15, 0.2) is 0 Å². The third-order valence-corrected chi connectivity index (χ3v) is 3.56. The summed E-state index contributed by atoms with van der Waals surface area (Å²) in [7, 11) is -1.26. The molecule has 104 valence electrons. The molecule has 1 rings (SSSR count). The van der Waals surface area contributed by atoms with Crippen LogP contribution in [0.15, 0.2) is 0 Å². The van der Waals surface area contributed by atoms with Crippen LogP contribution in [0.4, 0.5) is 0 Å². The summed E-state index contributed by atoms with van der Waals surface area (Å²) >= 11 is 0. The number of nitrogens with one attached hydrogen (secondary N) is 1. The lowest BCUT2D eigenvalue weighted by molar-refractivity contribution is -0.146. The molecule has 0 unspecified atom stereocenters. The summed E-state index contributed by atoms with van der Waals surface area (Å²) in [4.78, 5) is 11.4. The number of carboxylic acids is 1. The zero-order valence-electron chi connectivity index (χ0n) is 10.6. The molecule has 6 nitrogen and oxygen atoms in total. The van der Waals surface area contributed by atoms with Gasteiger partial charge in [0.2, 0.25) is 0 Å². The second-order valence-electron chi connectivity index (χ2n) is 5.15. The van der Waals surface area contributed by atoms with Crippen LogP contribution >= 0.6 is 0 Å². The molecular weight excluding hydrogens is 235 g/mol. The molecule has 1 saturated heterocycles. The van der Waals surface area contributed by atoms with Gasteiger partial charge in [-0.05, 0) is 32.1 Å². The van der Waals surface area contributed by atoms with Gasteiger partial charge in [-0.15, -0.1) is 0 Å².